The normalized spacial score (nSPS) is 16.9. The van der Waals surface area contributed by atoms with Crippen molar-refractivity contribution in [2.45, 2.75) is 39.0 Å². The Kier molecular flexibility index (Phi) is 3.65. The highest BCUT2D eigenvalue weighted by Gasteiger charge is 2.24. The maximum absolute atomic E-state index is 13.7. The van der Waals surface area contributed by atoms with Crippen LogP contribution in [0.5, 0.6) is 5.75 Å². The van der Waals surface area contributed by atoms with Gasteiger partial charge in [-0.3, -0.25) is 0 Å². The summed E-state index contributed by atoms with van der Waals surface area (Å²) >= 11 is 0. The minimum Gasteiger partial charge on any atom is -0.490 e. The molecule has 0 spiro atoms. The Labute approximate surface area is 101 Å². The molecule has 0 N–H and O–H groups in total. The second-order valence-electron chi connectivity index (χ2n) is 4.87. The lowest BCUT2D eigenvalue weighted by atomic mass is 9.97. The quantitative estimate of drug-likeness (QED) is 0.747. The summed E-state index contributed by atoms with van der Waals surface area (Å²) in [5, 5.41) is 0. The Hall–Kier alpha value is -1.12. The van der Waals surface area contributed by atoms with Gasteiger partial charge in [0.1, 0.15) is 5.82 Å². The molecule has 1 aromatic rings. The zero-order valence-corrected chi connectivity index (χ0v) is 10.3. The fourth-order valence-electron chi connectivity index (χ4n) is 1.80. The van der Waals surface area contributed by atoms with Crippen LogP contribution in [0.4, 0.5) is 8.78 Å². The molecule has 1 aliphatic carbocycles. The largest absolute Gasteiger partial charge is 0.490 e. The molecule has 1 fully saturated rings. The SMILES string of the molecule is CCC(C)c1cc(F)cc(F)c1OCC1CC1. The molecule has 0 aliphatic heterocycles. The molecule has 1 aliphatic rings. The highest BCUT2D eigenvalue weighted by Crippen LogP contribution is 2.35. The van der Waals surface area contributed by atoms with Crippen molar-refractivity contribution in [3.8, 4) is 5.75 Å². The van der Waals surface area contributed by atoms with Crippen LogP contribution in [0.2, 0.25) is 0 Å². The molecule has 0 heterocycles. The van der Waals surface area contributed by atoms with Gasteiger partial charge in [0.25, 0.3) is 0 Å². The molecule has 0 amide bonds. The maximum Gasteiger partial charge on any atom is 0.168 e. The van der Waals surface area contributed by atoms with E-state index in [1.807, 2.05) is 13.8 Å². The van der Waals surface area contributed by atoms with Gasteiger partial charge in [0.15, 0.2) is 11.6 Å². The molecule has 0 radical (unpaired) electrons. The molecule has 0 bridgehead atoms. The Morgan fingerprint density at radius 2 is 2.06 bits per heavy atom. The standard InChI is InChI=1S/C14H18F2O/c1-3-9(2)12-6-11(15)7-13(16)14(12)17-8-10-4-5-10/h6-7,9-10H,3-5,8H2,1-2H3. The van der Waals surface area contributed by atoms with E-state index in [9.17, 15) is 8.78 Å². The highest BCUT2D eigenvalue weighted by atomic mass is 19.1. The maximum atomic E-state index is 13.7. The fraction of sp³-hybridized carbons (Fsp3) is 0.571. The molecular formula is C14H18F2O. The number of ether oxygens (including phenoxy) is 1. The van der Waals surface area contributed by atoms with Crippen LogP contribution in [0.25, 0.3) is 0 Å². The second kappa shape index (κ2) is 5.03. The molecule has 1 saturated carbocycles. The van der Waals surface area contributed by atoms with Crippen molar-refractivity contribution >= 4 is 0 Å². The lowest BCUT2D eigenvalue weighted by Gasteiger charge is -2.16. The van der Waals surface area contributed by atoms with Gasteiger partial charge in [-0.05, 0) is 37.2 Å². The van der Waals surface area contributed by atoms with Crippen LogP contribution >= 0.6 is 0 Å². The van der Waals surface area contributed by atoms with E-state index in [1.54, 1.807) is 0 Å². The van der Waals surface area contributed by atoms with Gasteiger partial charge in [0.2, 0.25) is 0 Å². The van der Waals surface area contributed by atoms with Gasteiger partial charge in [-0.2, -0.15) is 0 Å². The Bertz CT molecular complexity index is 399. The van der Waals surface area contributed by atoms with Crippen LogP contribution in [0.15, 0.2) is 12.1 Å². The number of hydrogen-bond acceptors (Lipinski definition) is 1. The summed E-state index contributed by atoms with van der Waals surface area (Å²) in [4.78, 5) is 0. The minimum atomic E-state index is -0.582. The van der Waals surface area contributed by atoms with Crippen LogP contribution in [0.3, 0.4) is 0 Å². The van der Waals surface area contributed by atoms with Crippen LogP contribution in [-0.4, -0.2) is 6.61 Å². The van der Waals surface area contributed by atoms with Crippen LogP contribution < -0.4 is 4.74 Å². The smallest absolute Gasteiger partial charge is 0.168 e. The van der Waals surface area contributed by atoms with Gasteiger partial charge in [0.05, 0.1) is 6.61 Å². The molecule has 1 aromatic carbocycles. The summed E-state index contributed by atoms with van der Waals surface area (Å²) in [6.07, 6.45) is 3.14. The van der Waals surface area contributed by atoms with Crippen molar-refractivity contribution < 1.29 is 13.5 Å². The van der Waals surface area contributed by atoms with E-state index in [-0.39, 0.29) is 11.7 Å². The highest BCUT2D eigenvalue weighted by molar-refractivity contribution is 5.38. The van der Waals surface area contributed by atoms with Gasteiger partial charge < -0.3 is 4.74 Å². The van der Waals surface area contributed by atoms with E-state index in [0.717, 1.165) is 25.3 Å². The predicted molar refractivity (Wildman–Crippen MR) is 63.3 cm³/mol. The Morgan fingerprint density at radius 3 is 2.65 bits per heavy atom. The van der Waals surface area contributed by atoms with Crippen molar-refractivity contribution in [1.29, 1.82) is 0 Å². The third-order valence-electron chi connectivity index (χ3n) is 3.34. The van der Waals surface area contributed by atoms with Crippen molar-refractivity contribution in [1.82, 2.24) is 0 Å². The molecule has 0 aromatic heterocycles. The van der Waals surface area contributed by atoms with Crippen molar-refractivity contribution in [3.63, 3.8) is 0 Å². The predicted octanol–water partition coefficient (Wildman–Crippen LogP) is 4.27. The summed E-state index contributed by atoms with van der Waals surface area (Å²) in [6.45, 7) is 4.50. The van der Waals surface area contributed by atoms with Gasteiger partial charge in [-0.25, -0.2) is 8.78 Å². The topological polar surface area (TPSA) is 9.23 Å². The number of benzene rings is 1. The number of rotatable bonds is 5. The molecule has 2 rings (SSSR count). The average molecular weight is 240 g/mol. The summed E-state index contributed by atoms with van der Waals surface area (Å²) in [5.74, 6) is -0.205. The van der Waals surface area contributed by atoms with Crippen molar-refractivity contribution in [2.75, 3.05) is 6.61 Å². The first-order chi connectivity index (χ1) is 8.11. The second-order valence-corrected chi connectivity index (χ2v) is 4.87. The molecular weight excluding hydrogens is 222 g/mol. The molecule has 3 heteroatoms. The molecule has 1 nitrogen and oxygen atoms in total. The molecule has 94 valence electrons. The van der Waals surface area contributed by atoms with E-state index in [2.05, 4.69) is 0 Å². The van der Waals surface area contributed by atoms with Crippen molar-refractivity contribution in [2.24, 2.45) is 5.92 Å². The lowest BCUT2D eigenvalue weighted by molar-refractivity contribution is 0.279. The first-order valence-electron chi connectivity index (χ1n) is 6.23. The van der Waals surface area contributed by atoms with Gasteiger partial charge in [0, 0.05) is 11.6 Å². The Morgan fingerprint density at radius 1 is 1.35 bits per heavy atom. The average Bonchev–Trinajstić information content (AvgIpc) is 3.09. The third-order valence-corrected chi connectivity index (χ3v) is 3.34. The summed E-state index contributed by atoms with van der Waals surface area (Å²) < 4.78 is 32.5. The fourth-order valence-corrected chi connectivity index (χ4v) is 1.80. The van der Waals surface area contributed by atoms with Crippen LogP contribution in [0, 0.1) is 17.6 Å². The summed E-state index contributed by atoms with van der Waals surface area (Å²) in [7, 11) is 0. The summed E-state index contributed by atoms with van der Waals surface area (Å²) in [5.41, 5.74) is 0.644. The molecule has 1 atom stereocenters. The molecule has 1 unspecified atom stereocenters. The minimum absolute atomic E-state index is 0.106. The molecule has 0 saturated heterocycles. The van der Waals surface area contributed by atoms with E-state index >= 15 is 0 Å². The first-order valence-corrected chi connectivity index (χ1v) is 6.23. The van der Waals surface area contributed by atoms with Crippen molar-refractivity contribution in [3.05, 3.63) is 29.3 Å². The zero-order chi connectivity index (χ0) is 12.4. The van der Waals surface area contributed by atoms with E-state index in [0.29, 0.717) is 18.1 Å². The molecule has 17 heavy (non-hydrogen) atoms. The van der Waals surface area contributed by atoms with Gasteiger partial charge in [-0.15, -0.1) is 0 Å². The number of halogens is 2. The zero-order valence-electron chi connectivity index (χ0n) is 10.3. The van der Waals surface area contributed by atoms with Crippen LogP contribution in [-0.2, 0) is 0 Å². The van der Waals surface area contributed by atoms with Gasteiger partial charge in [-0.1, -0.05) is 13.8 Å². The third kappa shape index (κ3) is 2.96. The number of hydrogen-bond donors (Lipinski definition) is 0. The van der Waals surface area contributed by atoms with E-state index in [1.165, 1.54) is 6.07 Å². The van der Waals surface area contributed by atoms with E-state index < -0.39 is 11.6 Å². The van der Waals surface area contributed by atoms with Crippen LogP contribution in [0.1, 0.15) is 44.6 Å². The summed E-state index contributed by atoms with van der Waals surface area (Å²) in [6, 6.07) is 2.29. The van der Waals surface area contributed by atoms with Gasteiger partial charge >= 0.3 is 0 Å². The first kappa shape index (κ1) is 12.3. The van der Waals surface area contributed by atoms with E-state index in [4.69, 9.17) is 4.74 Å². The lowest BCUT2D eigenvalue weighted by Crippen LogP contribution is -2.06. The Balaban J connectivity index is 2.24. The monoisotopic (exact) mass is 240 g/mol.